The second kappa shape index (κ2) is 5.43. The van der Waals surface area contributed by atoms with Crippen molar-refractivity contribution in [1.82, 2.24) is 5.32 Å². The summed E-state index contributed by atoms with van der Waals surface area (Å²) in [5.74, 6) is -0.183. The summed E-state index contributed by atoms with van der Waals surface area (Å²) >= 11 is 0. The Bertz CT molecular complexity index is 471. The van der Waals surface area contributed by atoms with Crippen molar-refractivity contribution in [3.8, 4) is 0 Å². The molecule has 0 spiro atoms. The third kappa shape index (κ3) is 3.03. The summed E-state index contributed by atoms with van der Waals surface area (Å²) in [5, 5.41) is 3.49. The van der Waals surface area contributed by atoms with Crippen LogP contribution in [0.3, 0.4) is 0 Å². The lowest BCUT2D eigenvalue weighted by atomic mass is 9.75. The zero-order valence-electron chi connectivity index (χ0n) is 12.1. The third-order valence-corrected chi connectivity index (χ3v) is 4.18. The fourth-order valence-corrected chi connectivity index (χ4v) is 3.01. The predicted molar refractivity (Wildman–Crippen MR) is 75.1 cm³/mol. The minimum atomic E-state index is -0.457. The van der Waals surface area contributed by atoms with Gasteiger partial charge in [-0.25, -0.2) is 4.39 Å². The molecule has 20 heavy (non-hydrogen) atoms. The minimum absolute atomic E-state index is 0.0785. The molecule has 1 saturated heterocycles. The van der Waals surface area contributed by atoms with Gasteiger partial charge in [-0.15, -0.1) is 0 Å². The Kier molecular flexibility index (Phi) is 3.80. The van der Waals surface area contributed by atoms with E-state index in [0.717, 1.165) is 24.9 Å². The SMILES string of the molecule is CC1(C)OCC(CNC2CC(c3ccccc3F)C2)O1. The maximum atomic E-state index is 13.6. The van der Waals surface area contributed by atoms with E-state index in [4.69, 9.17) is 9.47 Å². The summed E-state index contributed by atoms with van der Waals surface area (Å²) in [5.41, 5.74) is 0.854. The molecular formula is C16H22FNO2. The molecule has 1 N–H and O–H groups in total. The van der Waals surface area contributed by atoms with Crippen LogP contribution in [0.5, 0.6) is 0 Å². The zero-order chi connectivity index (χ0) is 14.2. The number of halogens is 1. The van der Waals surface area contributed by atoms with E-state index in [-0.39, 0.29) is 11.9 Å². The molecule has 2 aliphatic rings. The molecule has 1 atom stereocenters. The van der Waals surface area contributed by atoms with Gasteiger partial charge in [0, 0.05) is 12.6 Å². The number of benzene rings is 1. The Morgan fingerprint density at radius 1 is 1.30 bits per heavy atom. The largest absolute Gasteiger partial charge is 0.348 e. The highest BCUT2D eigenvalue weighted by Gasteiger charge is 2.35. The van der Waals surface area contributed by atoms with Gasteiger partial charge < -0.3 is 14.8 Å². The van der Waals surface area contributed by atoms with Gasteiger partial charge in [-0.1, -0.05) is 18.2 Å². The van der Waals surface area contributed by atoms with Crippen LogP contribution in [0, 0.1) is 5.82 Å². The molecular weight excluding hydrogens is 257 g/mol. The molecule has 1 aromatic rings. The molecule has 0 radical (unpaired) electrons. The van der Waals surface area contributed by atoms with Crippen LogP contribution in [0.4, 0.5) is 4.39 Å². The van der Waals surface area contributed by atoms with E-state index in [1.54, 1.807) is 12.1 Å². The van der Waals surface area contributed by atoms with Crippen LogP contribution in [0.25, 0.3) is 0 Å². The molecule has 110 valence electrons. The maximum Gasteiger partial charge on any atom is 0.163 e. The highest BCUT2D eigenvalue weighted by Crippen LogP contribution is 2.38. The Morgan fingerprint density at radius 3 is 2.70 bits per heavy atom. The second-order valence-corrected chi connectivity index (χ2v) is 6.25. The Balaban J connectivity index is 1.42. The first-order valence-electron chi connectivity index (χ1n) is 7.33. The van der Waals surface area contributed by atoms with Gasteiger partial charge in [0.25, 0.3) is 0 Å². The van der Waals surface area contributed by atoms with Crippen LogP contribution in [0.15, 0.2) is 24.3 Å². The van der Waals surface area contributed by atoms with E-state index in [9.17, 15) is 4.39 Å². The van der Waals surface area contributed by atoms with Crippen molar-refractivity contribution in [1.29, 1.82) is 0 Å². The van der Waals surface area contributed by atoms with Crippen LogP contribution >= 0.6 is 0 Å². The molecule has 0 bridgehead atoms. The summed E-state index contributed by atoms with van der Waals surface area (Å²) in [6.45, 7) is 5.32. The molecule has 1 aliphatic heterocycles. The van der Waals surface area contributed by atoms with Gasteiger partial charge in [-0.2, -0.15) is 0 Å². The lowest BCUT2D eigenvalue weighted by Crippen LogP contribution is -2.44. The van der Waals surface area contributed by atoms with E-state index < -0.39 is 5.79 Å². The average molecular weight is 279 g/mol. The van der Waals surface area contributed by atoms with Crippen molar-refractivity contribution in [3.63, 3.8) is 0 Å². The summed E-state index contributed by atoms with van der Waals surface area (Å²) in [6, 6.07) is 7.55. The highest BCUT2D eigenvalue weighted by atomic mass is 19.1. The molecule has 4 heteroatoms. The molecule has 1 unspecified atom stereocenters. The van der Waals surface area contributed by atoms with E-state index in [2.05, 4.69) is 5.32 Å². The Labute approximate surface area is 119 Å². The van der Waals surface area contributed by atoms with Crippen molar-refractivity contribution < 1.29 is 13.9 Å². The van der Waals surface area contributed by atoms with Crippen LogP contribution in [-0.2, 0) is 9.47 Å². The van der Waals surface area contributed by atoms with Gasteiger partial charge in [0.15, 0.2) is 5.79 Å². The maximum absolute atomic E-state index is 13.6. The van der Waals surface area contributed by atoms with Crippen molar-refractivity contribution in [2.75, 3.05) is 13.2 Å². The highest BCUT2D eigenvalue weighted by molar-refractivity contribution is 5.24. The van der Waals surface area contributed by atoms with E-state index in [1.165, 1.54) is 0 Å². The summed E-state index contributed by atoms with van der Waals surface area (Å²) in [4.78, 5) is 0. The van der Waals surface area contributed by atoms with Crippen LogP contribution in [-0.4, -0.2) is 31.1 Å². The topological polar surface area (TPSA) is 30.5 Å². The number of hydrogen-bond donors (Lipinski definition) is 1. The summed E-state index contributed by atoms with van der Waals surface area (Å²) < 4.78 is 24.9. The molecule has 0 aromatic heterocycles. The van der Waals surface area contributed by atoms with Gasteiger partial charge in [0.1, 0.15) is 5.82 Å². The molecule has 0 amide bonds. The van der Waals surface area contributed by atoms with E-state index in [0.29, 0.717) is 18.6 Å². The number of ether oxygens (including phenoxy) is 2. The molecule has 3 rings (SSSR count). The number of hydrogen-bond acceptors (Lipinski definition) is 3. The van der Waals surface area contributed by atoms with Crippen LogP contribution < -0.4 is 5.32 Å². The average Bonchev–Trinajstić information content (AvgIpc) is 2.69. The first-order chi connectivity index (χ1) is 9.53. The first kappa shape index (κ1) is 14.0. The van der Waals surface area contributed by atoms with Crippen molar-refractivity contribution in [2.45, 2.75) is 50.5 Å². The van der Waals surface area contributed by atoms with Gasteiger partial charge in [-0.05, 0) is 44.2 Å². The van der Waals surface area contributed by atoms with Gasteiger partial charge in [0.05, 0.1) is 12.7 Å². The van der Waals surface area contributed by atoms with Gasteiger partial charge in [-0.3, -0.25) is 0 Å². The predicted octanol–water partition coefficient (Wildman–Crippen LogP) is 2.81. The monoisotopic (exact) mass is 279 g/mol. The standard InChI is InChI=1S/C16H22FNO2/c1-16(2)19-10-13(20-16)9-18-12-7-11(8-12)14-5-3-4-6-15(14)17/h3-6,11-13,18H,7-10H2,1-2H3. The second-order valence-electron chi connectivity index (χ2n) is 6.25. The van der Waals surface area contributed by atoms with Crippen molar-refractivity contribution in [2.24, 2.45) is 0 Å². The zero-order valence-corrected chi connectivity index (χ0v) is 12.1. The molecule has 2 fully saturated rings. The van der Waals surface area contributed by atoms with Crippen LogP contribution in [0.2, 0.25) is 0 Å². The van der Waals surface area contributed by atoms with Crippen LogP contribution in [0.1, 0.15) is 38.2 Å². The Hall–Kier alpha value is -0.970. The van der Waals surface area contributed by atoms with E-state index >= 15 is 0 Å². The minimum Gasteiger partial charge on any atom is -0.348 e. The molecule has 1 aliphatic carbocycles. The lowest BCUT2D eigenvalue weighted by Gasteiger charge is -2.37. The number of nitrogens with one attached hydrogen (secondary N) is 1. The molecule has 3 nitrogen and oxygen atoms in total. The summed E-state index contributed by atoms with van der Waals surface area (Å²) in [6.07, 6.45) is 2.12. The third-order valence-electron chi connectivity index (χ3n) is 4.18. The van der Waals surface area contributed by atoms with E-state index in [1.807, 2.05) is 26.0 Å². The fraction of sp³-hybridized carbons (Fsp3) is 0.625. The van der Waals surface area contributed by atoms with Crippen molar-refractivity contribution in [3.05, 3.63) is 35.6 Å². The normalized spacial score (nSPS) is 32.0. The number of rotatable bonds is 4. The first-order valence-corrected chi connectivity index (χ1v) is 7.33. The van der Waals surface area contributed by atoms with Crippen molar-refractivity contribution >= 4 is 0 Å². The molecule has 1 heterocycles. The Morgan fingerprint density at radius 2 is 2.05 bits per heavy atom. The summed E-state index contributed by atoms with van der Waals surface area (Å²) in [7, 11) is 0. The van der Waals surface area contributed by atoms with Gasteiger partial charge >= 0.3 is 0 Å². The molecule has 1 aromatic carbocycles. The van der Waals surface area contributed by atoms with Gasteiger partial charge in [0.2, 0.25) is 0 Å². The fourth-order valence-electron chi connectivity index (χ4n) is 3.01. The smallest absolute Gasteiger partial charge is 0.163 e. The molecule has 1 saturated carbocycles. The lowest BCUT2D eigenvalue weighted by molar-refractivity contribution is -0.138. The quantitative estimate of drug-likeness (QED) is 0.919.